The van der Waals surface area contributed by atoms with Crippen molar-refractivity contribution in [2.75, 3.05) is 12.4 Å². The summed E-state index contributed by atoms with van der Waals surface area (Å²) in [5, 5.41) is 2.64. The van der Waals surface area contributed by atoms with Crippen molar-refractivity contribution in [2.24, 2.45) is 0 Å². The second kappa shape index (κ2) is 2.10. The molecule has 0 radical (unpaired) electrons. The van der Waals surface area contributed by atoms with Gasteiger partial charge in [-0.3, -0.25) is 0 Å². The zero-order valence-electron chi connectivity index (χ0n) is 5.18. The Hall–Kier alpha value is -0.380. The first-order valence-electron chi connectivity index (χ1n) is 2.72. The van der Waals surface area contributed by atoms with Gasteiger partial charge in [-0.05, 0) is 6.92 Å². The highest BCUT2D eigenvalue weighted by atomic mass is 32.1. The summed E-state index contributed by atoms with van der Waals surface area (Å²) in [5.74, 6) is 0.610. The Morgan fingerprint density at radius 2 is 2.67 bits per heavy atom. The van der Waals surface area contributed by atoms with Crippen LogP contribution in [0.2, 0.25) is 0 Å². The average Bonchev–Trinajstić information content (AvgIpc) is 2.13. The van der Waals surface area contributed by atoms with Crippen molar-refractivity contribution in [3.63, 3.8) is 0 Å². The van der Waals surface area contributed by atoms with Gasteiger partial charge in [0.25, 0.3) is 0 Å². The molecule has 0 aromatic heterocycles. The van der Waals surface area contributed by atoms with E-state index in [0.29, 0.717) is 12.4 Å². The monoisotopic (exact) mass is 147 g/mol. The third-order valence-electron chi connectivity index (χ3n) is 1.27. The number of cyclic esters (lactones) is 1. The maximum absolute atomic E-state index is 10.5. The molecule has 9 heavy (non-hydrogen) atoms. The van der Waals surface area contributed by atoms with Crippen molar-refractivity contribution in [2.45, 2.75) is 12.5 Å². The molecule has 52 valence electrons. The summed E-state index contributed by atoms with van der Waals surface area (Å²) >= 11 is 4.05. The van der Waals surface area contributed by atoms with E-state index in [-0.39, 0.29) is 11.6 Å². The van der Waals surface area contributed by atoms with E-state index in [9.17, 15) is 4.79 Å². The van der Waals surface area contributed by atoms with Gasteiger partial charge in [0.05, 0.1) is 5.54 Å². The molecular formula is C5H9NO2S. The number of carbonyl (C=O) groups is 1. The maximum atomic E-state index is 10.5. The predicted octanol–water partition coefficient (Wildman–Crippen LogP) is 0.415. The summed E-state index contributed by atoms with van der Waals surface area (Å²) in [6.45, 7) is 2.32. The van der Waals surface area contributed by atoms with Crippen molar-refractivity contribution in [1.82, 2.24) is 5.32 Å². The number of hydrogen-bond acceptors (Lipinski definition) is 3. The summed E-state index contributed by atoms with van der Waals surface area (Å²) < 4.78 is 4.66. The third-order valence-corrected chi connectivity index (χ3v) is 1.97. The number of hydrogen-bond donors (Lipinski definition) is 2. The fourth-order valence-electron chi connectivity index (χ4n) is 0.629. The Balaban J connectivity index is 2.54. The van der Waals surface area contributed by atoms with Gasteiger partial charge in [-0.25, -0.2) is 4.79 Å². The largest absolute Gasteiger partial charge is 0.447 e. The molecule has 0 aromatic rings. The Morgan fingerprint density at radius 3 is 2.89 bits per heavy atom. The van der Waals surface area contributed by atoms with Crippen LogP contribution in [0.25, 0.3) is 0 Å². The van der Waals surface area contributed by atoms with Crippen molar-refractivity contribution in [1.29, 1.82) is 0 Å². The van der Waals surface area contributed by atoms with Crippen molar-refractivity contribution < 1.29 is 9.53 Å². The van der Waals surface area contributed by atoms with Gasteiger partial charge in [0.2, 0.25) is 0 Å². The SMILES string of the molecule is CC1(CS)COC(=O)N1. The van der Waals surface area contributed by atoms with E-state index in [1.165, 1.54) is 0 Å². The van der Waals surface area contributed by atoms with E-state index in [1.54, 1.807) is 0 Å². The van der Waals surface area contributed by atoms with Gasteiger partial charge in [0, 0.05) is 5.75 Å². The minimum atomic E-state index is -0.341. The quantitative estimate of drug-likeness (QED) is 0.527. The van der Waals surface area contributed by atoms with Gasteiger partial charge in [-0.15, -0.1) is 0 Å². The highest BCUT2D eigenvalue weighted by molar-refractivity contribution is 7.80. The number of nitrogens with one attached hydrogen (secondary N) is 1. The van der Waals surface area contributed by atoms with E-state index in [4.69, 9.17) is 0 Å². The molecule has 1 unspecified atom stereocenters. The second-order valence-corrected chi connectivity index (χ2v) is 2.74. The molecule has 1 aliphatic rings. The zero-order valence-corrected chi connectivity index (χ0v) is 6.07. The highest BCUT2D eigenvalue weighted by Gasteiger charge is 2.33. The third kappa shape index (κ3) is 1.30. The lowest BCUT2D eigenvalue weighted by molar-refractivity contribution is 0.174. The van der Waals surface area contributed by atoms with E-state index >= 15 is 0 Å². The first kappa shape index (κ1) is 6.74. The number of rotatable bonds is 1. The Kier molecular flexibility index (Phi) is 1.57. The van der Waals surface area contributed by atoms with Crippen LogP contribution in [0.15, 0.2) is 0 Å². The average molecular weight is 147 g/mol. The molecule has 0 aromatic carbocycles. The first-order valence-corrected chi connectivity index (χ1v) is 3.35. The standard InChI is InChI=1S/C5H9NO2S/c1-5(3-9)2-8-4(7)6-5/h9H,2-3H2,1H3,(H,6,7). The van der Waals surface area contributed by atoms with Crippen molar-refractivity contribution in [3.8, 4) is 0 Å². The van der Waals surface area contributed by atoms with Crippen LogP contribution in [0.5, 0.6) is 0 Å². The molecule has 1 heterocycles. The van der Waals surface area contributed by atoms with Crippen LogP contribution in [0.3, 0.4) is 0 Å². The Morgan fingerprint density at radius 1 is 2.00 bits per heavy atom. The lowest BCUT2D eigenvalue weighted by Gasteiger charge is -2.16. The molecule has 1 amide bonds. The number of thiol groups is 1. The molecule has 0 bridgehead atoms. The first-order chi connectivity index (χ1) is 4.16. The van der Waals surface area contributed by atoms with E-state index < -0.39 is 0 Å². The van der Waals surface area contributed by atoms with Crippen LogP contribution >= 0.6 is 12.6 Å². The van der Waals surface area contributed by atoms with Gasteiger partial charge >= 0.3 is 6.09 Å². The van der Waals surface area contributed by atoms with Gasteiger partial charge < -0.3 is 10.1 Å². The molecule has 1 saturated heterocycles. The number of alkyl carbamates (subject to hydrolysis) is 1. The second-order valence-electron chi connectivity index (χ2n) is 2.42. The molecule has 0 spiro atoms. The van der Waals surface area contributed by atoms with E-state index in [2.05, 4.69) is 22.7 Å². The minimum absolute atomic E-state index is 0.250. The Labute approximate surface area is 59.2 Å². The molecule has 3 nitrogen and oxygen atoms in total. The smallest absolute Gasteiger partial charge is 0.407 e. The fraction of sp³-hybridized carbons (Fsp3) is 0.800. The number of ether oxygens (including phenoxy) is 1. The molecule has 0 aliphatic carbocycles. The summed E-state index contributed by atoms with van der Waals surface area (Å²) in [4.78, 5) is 10.5. The predicted molar refractivity (Wildman–Crippen MR) is 36.7 cm³/mol. The fourth-order valence-corrected chi connectivity index (χ4v) is 0.799. The topological polar surface area (TPSA) is 38.3 Å². The lowest BCUT2D eigenvalue weighted by atomic mass is 10.1. The molecule has 4 heteroatoms. The van der Waals surface area contributed by atoms with Crippen LogP contribution in [0.1, 0.15) is 6.92 Å². The van der Waals surface area contributed by atoms with E-state index in [1.807, 2.05) is 6.92 Å². The highest BCUT2D eigenvalue weighted by Crippen LogP contribution is 2.12. The summed E-state index contributed by atoms with van der Waals surface area (Å²) in [6.07, 6.45) is -0.341. The summed E-state index contributed by atoms with van der Waals surface area (Å²) in [6, 6.07) is 0. The molecule has 1 N–H and O–H groups in total. The molecule has 1 aliphatic heterocycles. The van der Waals surface area contributed by atoms with Crippen LogP contribution in [-0.4, -0.2) is 24.0 Å². The lowest BCUT2D eigenvalue weighted by Crippen LogP contribution is -2.41. The summed E-state index contributed by atoms with van der Waals surface area (Å²) in [5.41, 5.74) is -0.250. The summed E-state index contributed by atoms with van der Waals surface area (Å²) in [7, 11) is 0. The van der Waals surface area contributed by atoms with Gasteiger partial charge in [0.1, 0.15) is 6.61 Å². The molecule has 0 saturated carbocycles. The van der Waals surface area contributed by atoms with E-state index in [0.717, 1.165) is 0 Å². The molecule has 1 fully saturated rings. The van der Waals surface area contributed by atoms with Crippen molar-refractivity contribution >= 4 is 18.7 Å². The number of amides is 1. The van der Waals surface area contributed by atoms with Crippen LogP contribution in [-0.2, 0) is 4.74 Å². The Bertz CT molecular complexity index is 139. The van der Waals surface area contributed by atoms with Crippen LogP contribution in [0, 0.1) is 0 Å². The van der Waals surface area contributed by atoms with Crippen LogP contribution < -0.4 is 5.32 Å². The van der Waals surface area contributed by atoms with Crippen LogP contribution in [0.4, 0.5) is 4.79 Å². The normalized spacial score (nSPS) is 33.8. The van der Waals surface area contributed by atoms with Gasteiger partial charge in [-0.2, -0.15) is 12.6 Å². The molecule has 1 rings (SSSR count). The maximum Gasteiger partial charge on any atom is 0.407 e. The molecule has 1 atom stereocenters. The van der Waals surface area contributed by atoms with Gasteiger partial charge in [0.15, 0.2) is 0 Å². The minimum Gasteiger partial charge on any atom is -0.447 e. The zero-order chi connectivity index (χ0) is 6.91. The van der Waals surface area contributed by atoms with Crippen molar-refractivity contribution in [3.05, 3.63) is 0 Å². The number of carbonyl (C=O) groups excluding carboxylic acids is 1. The molecular weight excluding hydrogens is 138 g/mol. The van der Waals surface area contributed by atoms with Gasteiger partial charge in [-0.1, -0.05) is 0 Å².